The van der Waals surface area contributed by atoms with Gasteiger partial charge in [0.2, 0.25) is 0 Å². The van der Waals surface area contributed by atoms with Crippen molar-refractivity contribution in [2.45, 2.75) is 31.5 Å². The van der Waals surface area contributed by atoms with Crippen molar-refractivity contribution in [3.8, 4) is 0 Å². The van der Waals surface area contributed by atoms with Gasteiger partial charge in [0.1, 0.15) is 5.82 Å². The molecule has 0 unspecified atom stereocenters. The normalized spacial score (nSPS) is 21.1. The van der Waals surface area contributed by atoms with Crippen molar-refractivity contribution in [3.63, 3.8) is 0 Å². The first-order valence-electron chi connectivity index (χ1n) is 8.72. The van der Waals surface area contributed by atoms with Crippen LogP contribution in [0.1, 0.15) is 17.5 Å². The van der Waals surface area contributed by atoms with Gasteiger partial charge in [-0.15, -0.1) is 0 Å². The summed E-state index contributed by atoms with van der Waals surface area (Å²) in [6, 6.07) is 7.09. The summed E-state index contributed by atoms with van der Waals surface area (Å²) in [5, 5.41) is 4.27. The van der Waals surface area contributed by atoms with Gasteiger partial charge in [-0.1, -0.05) is 12.1 Å². The van der Waals surface area contributed by atoms with Crippen LogP contribution in [0.15, 0.2) is 36.7 Å². The van der Waals surface area contributed by atoms with E-state index >= 15 is 0 Å². The summed E-state index contributed by atoms with van der Waals surface area (Å²) in [6.45, 7) is 2.87. The van der Waals surface area contributed by atoms with Gasteiger partial charge in [0.15, 0.2) is 0 Å². The van der Waals surface area contributed by atoms with Crippen LogP contribution in [0.4, 0.5) is 4.39 Å². The number of hydrogen-bond donors (Lipinski definition) is 0. The van der Waals surface area contributed by atoms with Gasteiger partial charge in [-0.05, 0) is 36.1 Å². The summed E-state index contributed by atoms with van der Waals surface area (Å²) in [5.41, 5.74) is 2.19. The number of benzene rings is 1. The third kappa shape index (κ3) is 4.87. The van der Waals surface area contributed by atoms with Gasteiger partial charge < -0.3 is 9.47 Å². The van der Waals surface area contributed by atoms with Gasteiger partial charge in [0.05, 0.1) is 25.5 Å². The van der Waals surface area contributed by atoms with Crippen LogP contribution in [0.5, 0.6) is 0 Å². The highest BCUT2D eigenvalue weighted by molar-refractivity contribution is 5.17. The Kier molecular flexibility index (Phi) is 6.18. The number of halogens is 1. The molecule has 25 heavy (non-hydrogen) atoms. The molecule has 3 rings (SSSR count). The first-order chi connectivity index (χ1) is 12.2. The van der Waals surface area contributed by atoms with E-state index in [1.165, 1.54) is 11.6 Å². The second kappa shape index (κ2) is 8.56. The molecule has 2 aromatic rings. The highest BCUT2D eigenvalue weighted by atomic mass is 19.1. The summed E-state index contributed by atoms with van der Waals surface area (Å²) in [7, 11) is 3.61. The molecule has 2 heterocycles. The molecule has 1 fully saturated rings. The van der Waals surface area contributed by atoms with Gasteiger partial charge in [-0.3, -0.25) is 9.58 Å². The summed E-state index contributed by atoms with van der Waals surface area (Å²) in [4.78, 5) is 2.39. The molecule has 5 nitrogen and oxygen atoms in total. The zero-order valence-corrected chi connectivity index (χ0v) is 14.9. The van der Waals surface area contributed by atoms with Gasteiger partial charge in [-0.25, -0.2) is 4.39 Å². The molecule has 0 saturated carbocycles. The van der Waals surface area contributed by atoms with Crippen molar-refractivity contribution in [1.29, 1.82) is 0 Å². The maximum Gasteiger partial charge on any atom is 0.123 e. The lowest BCUT2D eigenvalue weighted by Crippen LogP contribution is -2.38. The van der Waals surface area contributed by atoms with E-state index in [9.17, 15) is 4.39 Å². The van der Waals surface area contributed by atoms with E-state index in [1.54, 1.807) is 19.2 Å². The smallest absolute Gasteiger partial charge is 0.123 e. The van der Waals surface area contributed by atoms with Crippen LogP contribution in [0.2, 0.25) is 0 Å². The molecule has 6 heteroatoms. The Morgan fingerprint density at radius 2 is 2.16 bits per heavy atom. The molecule has 1 aromatic carbocycles. The molecule has 1 aromatic heterocycles. The van der Waals surface area contributed by atoms with Crippen molar-refractivity contribution in [2.24, 2.45) is 7.05 Å². The van der Waals surface area contributed by atoms with E-state index in [0.29, 0.717) is 13.2 Å². The quantitative estimate of drug-likeness (QED) is 0.688. The van der Waals surface area contributed by atoms with Gasteiger partial charge in [0, 0.05) is 39.5 Å². The Labute approximate surface area is 148 Å². The second-order valence-corrected chi connectivity index (χ2v) is 6.58. The first kappa shape index (κ1) is 18.0. The molecule has 1 aliphatic heterocycles. The van der Waals surface area contributed by atoms with E-state index in [-0.39, 0.29) is 18.0 Å². The molecular formula is C19H26FN3O2. The number of rotatable bonds is 8. The molecule has 1 aliphatic rings. The SMILES string of the molecule is COCCO[C@@H]1CCN(Cc2cccc(F)c2)[C@H]1Cc1cnn(C)c1. The Balaban J connectivity index is 1.70. The van der Waals surface area contributed by atoms with Crippen molar-refractivity contribution in [2.75, 3.05) is 26.9 Å². The average molecular weight is 347 g/mol. The van der Waals surface area contributed by atoms with Gasteiger partial charge in [0.25, 0.3) is 0 Å². The average Bonchev–Trinajstić information content (AvgIpc) is 3.16. The molecule has 1 saturated heterocycles. The molecule has 0 radical (unpaired) electrons. The Morgan fingerprint density at radius 3 is 2.88 bits per heavy atom. The molecule has 0 amide bonds. The van der Waals surface area contributed by atoms with E-state index in [0.717, 1.165) is 31.5 Å². The topological polar surface area (TPSA) is 39.5 Å². The zero-order valence-electron chi connectivity index (χ0n) is 14.9. The molecule has 0 N–H and O–H groups in total. The summed E-state index contributed by atoms with van der Waals surface area (Å²) in [6.07, 6.45) is 5.96. The van der Waals surface area contributed by atoms with Crippen LogP contribution in [0.25, 0.3) is 0 Å². The summed E-state index contributed by atoms with van der Waals surface area (Å²) in [5.74, 6) is -0.187. The Hall–Kier alpha value is -1.76. The lowest BCUT2D eigenvalue weighted by molar-refractivity contribution is -0.00131. The van der Waals surface area contributed by atoms with Gasteiger partial charge >= 0.3 is 0 Å². The monoisotopic (exact) mass is 347 g/mol. The van der Waals surface area contributed by atoms with Crippen molar-refractivity contribution in [1.82, 2.24) is 14.7 Å². The third-order valence-electron chi connectivity index (χ3n) is 4.70. The summed E-state index contributed by atoms with van der Waals surface area (Å²) >= 11 is 0. The van der Waals surface area contributed by atoms with Crippen LogP contribution in [-0.2, 0) is 29.5 Å². The highest BCUT2D eigenvalue weighted by Gasteiger charge is 2.35. The number of aryl methyl sites for hydroxylation is 1. The fourth-order valence-corrected chi connectivity index (χ4v) is 3.51. The van der Waals surface area contributed by atoms with E-state index in [1.807, 2.05) is 30.2 Å². The number of aromatic nitrogens is 2. The lowest BCUT2D eigenvalue weighted by atomic mass is 10.0. The number of ether oxygens (including phenoxy) is 2. The number of methoxy groups -OCH3 is 1. The fraction of sp³-hybridized carbons (Fsp3) is 0.526. The van der Waals surface area contributed by atoms with E-state index in [2.05, 4.69) is 10.00 Å². The van der Waals surface area contributed by atoms with Crippen LogP contribution >= 0.6 is 0 Å². The zero-order chi connectivity index (χ0) is 17.6. The number of likely N-dealkylation sites (tertiary alicyclic amines) is 1. The molecule has 0 aliphatic carbocycles. The number of nitrogens with zero attached hydrogens (tertiary/aromatic N) is 3. The third-order valence-corrected chi connectivity index (χ3v) is 4.70. The number of hydrogen-bond acceptors (Lipinski definition) is 4. The minimum atomic E-state index is -0.187. The molecule has 0 bridgehead atoms. The van der Waals surface area contributed by atoms with Crippen LogP contribution in [0, 0.1) is 5.82 Å². The fourth-order valence-electron chi connectivity index (χ4n) is 3.51. The standard InChI is InChI=1S/C19H26FN3O2/c1-22-13-16(12-21-22)11-18-19(25-9-8-24-2)6-7-23(18)14-15-4-3-5-17(20)10-15/h3-5,10,12-13,18-19H,6-9,11,14H2,1-2H3/t18-,19+/m0/s1. The molecule has 0 spiro atoms. The predicted molar refractivity (Wildman–Crippen MR) is 93.7 cm³/mol. The maximum absolute atomic E-state index is 13.5. The maximum atomic E-state index is 13.5. The van der Waals surface area contributed by atoms with Crippen molar-refractivity contribution in [3.05, 3.63) is 53.6 Å². The van der Waals surface area contributed by atoms with Gasteiger partial charge in [-0.2, -0.15) is 5.10 Å². The molecule has 2 atom stereocenters. The van der Waals surface area contributed by atoms with Crippen molar-refractivity contribution < 1.29 is 13.9 Å². The second-order valence-electron chi connectivity index (χ2n) is 6.58. The molecular weight excluding hydrogens is 321 g/mol. The van der Waals surface area contributed by atoms with Crippen LogP contribution in [0.3, 0.4) is 0 Å². The minimum Gasteiger partial charge on any atom is -0.382 e. The van der Waals surface area contributed by atoms with Crippen molar-refractivity contribution >= 4 is 0 Å². The van der Waals surface area contributed by atoms with E-state index < -0.39 is 0 Å². The summed E-state index contributed by atoms with van der Waals surface area (Å²) < 4.78 is 26.5. The predicted octanol–water partition coefficient (Wildman–Crippen LogP) is 2.41. The Morgan fingerprint density at radius 1 is 1.28 bits per heavy atom. The molecule has 136 valence electrons. The minimum absolute atomic E-state index is 0.156. The van der Waals surface area contributed by atoms with E-state index in [4.69, 9.17) is 9.47 Å². The Bertz CT molecular complexity index is 676. The van der Waals surface area contributed by atoms with Crippen LogP contribution in [-0.4, -0.2) is 53.7 Å². The first-order valence-corrected chi connectivity index (χ1v) is 8.72. The van der Waals surface area contributed by atoms with Crippen LogP contribution < -0.4 is 0 Å². The highest BCUT2D eigenvalue weighted by Crippen LogP contribution is 2.26. The lowest BCUT2D eigenvalue weighted by Gasteiger charge is -2.28. The largest absolute Gasteiger partial charge is 0.382 e.